The predicted octanol–water partition coefficient (Wildman–Crippen LogP) is 3.53. The lowest BCUT2D eigenvalue weighted by Crippen LogP contribution is -2.31. The average molecular weight is 303 g/mol. The molecule has 0 spiro atoms. The highest BCUT2D eigenvalue weighted by molar-refractivity contribution is 7.07. The molecule has 0 fully saturated rings. The summed E-state index contributed by atoms with van der Waals surface area (Å²) in [4.78, 5) is 14.6. The van der Waals surface area contributed by atoms with Crippen molar-refractivity contribution in [3.05, 3.63) is 46.2 Å². The van der Waals surface area contributed by atoms with E-state index in [0.717, 1.165) is 13.0 Å². The highest BCUT2D eigenvalue weighted by atomic mass is 32.1. The van der Waals surface area contributed by atoms with Gasteiger partial charge in [0.15, 0.2) is 11.5 Å². The molecule has 1 aliphatic rings. The van der Waals surface area contributed by atoms with Crippen molar-refractivity contribution in [1.29, 1.82) is 0 Å². The van der Waals surface area contributed by atoms with Crippen molar-refractivity contribution in [2.45, 2.75) is 19.9 Å². The highest BCUT2D eigenvalue weighted by Crippen LogP contribution is 2.32. The maximum absolute atomic E-state index is 12.7. The lowest BCUT2D eigenvalue weighted by Gasteiger charge is -2.22. The largest absolute Gasteiger partial charge is 0.454 e. The average Bonchev–Trinajstić information content (AvgIpc) is 3.16. The number of hydrogen-bond acceptors (Lipinski definition) is 4. The van der Waals surface area contributed by atoms with E-state index in [4.69, 9.17) is 9.47 Å². The van der Waals surface area contributed by atoms with Crippen molar-refractivity contribution in [3.63, 3.8) is 0 Å². The maximum Gasteiger partial charge on any atom is 0.254 e. The van der Waals surface area contributed by atoms with Crippen molar-refractivity contribution in [3.8, 4) is 11.5 Å². The summed E-state index contributed by atoms with van der Waals surface area (Å²) < 4.78 is 10.6. The summed E-state index contributed by atoms with van der Waals surface area (Å²) >= 11 is 1.65. The van der Waals surface area contributed by atoms with Gasteiger partial charge < -0.3 is 14.4 Å². The number of carbonyl (C=O) groups excluding carboxylic acids is 1. The molecule has 2 heterocycles. The lowest BCUT2D eigenvalue weighted by molar-refractivity contribution is 0.0743. The molecule has 4 nitrogen and oxygen atoms in total. The van der Waals surface area contributed by atoms with Crippen LogP contribution in [0.15, 0.2) is 35.0 Å². The molecule has 3 rings (SSSR count). The van der Waals surface area contributed by atoms with Crippen molar-refractivity contribution in [2.75, 3.05) is 13.3 Å². The van der Waals surface area contributed by atoms with E-state index in [2.05, 4.69) is 18.4 Å². The van der Waals surface area contributed by atoms with E-state index in [0.29, 0.717) is 23.6 Å². The fourth-order valence-electron chi connectivity index (χ4n) is 2.34. The molecule has 110 valence electrons. The molecule has 2 aromatic rings. The van der Waals surface area contributed by atoms with E-state index in [9.17, 15) is 4.79 Å². The zero-order valence-electron chi connectivity index (χ0n) is 11.9. The van der Waals surface area contributed by atoms with Gasteiger partial charge in [0.25, 0.3) is 5.91 Å². The van der Waals surface area contributed by atoms with E-state index in [1.165, 1.54) is 5.56 Å². The van der Waals surface area contributed by atoms with Gasteiger partial charge in [-0.15, -0.1) is 0 Å². The Labute approximate surface area is 127 Å². The molecule has 1 aliphatic heterocycles. The molecule has 0 aliphatic carbocycles. The molecule has 21 heavy (non-hydrogen) atoms. The molecule has 1 amide bonds. The number of hydrogen-bond donors (Lipinski definition) is 0. The van der Waals surface area contributed by atoms with Crippen molar-refractivity contribution < 1.29 is 14.3 Å². The van der Waals surface area contributed by atoms with Crippen LogP contribution in [-0.2, 0) is 6.54 Å². The van der Waals surface area contributed by atoms with Gasteiger partial charge in [-0.3, -0.25) is 4.79 Å². The van der Waals surface area contributed by atoms with Crippen LogP contribution in [0.1, 0.15) is 29.3 Å². The van der Waals surface area contributed by atoms with Gasteiger partial charge in [-0.2, -0.15) is 11.3 Å². The van der Waals surface area contributed by atoms with Gasteiger partial charge in [-0.25, -0.2) is 0 Å². The molecule has 0 saturated carbocycles. The number of carbonyl (C=O) groups is 1. The van der Waals surface area contributed by atoms with E-state index in [-0.39, 0.29) is 12.7 Å². The highest BCUT2D eigenvalue weighted by Gasteiger charge is 2.20. The first kappa shape index (κ1) is 13.9. The van der Waals surface area contributed by atoms with Gasteiger partial charge in [0.1, 0.15) is 0 Å². The molecule has 1 aromatic carbocycles. The number of ether oxygens (including phenoxy) is 2. The Balaban J connectivity index is 1.80. The van der Waals surface area contributed by atoms with Crippen LogP contribution >= 0.6 is 11.3 Å². The second-order valence-corrected chi connectivity index (χ2v) is 5.71. The Bertz CT molecular complexity index is 624. The second kappa shape index (κ2) is 6.18. The van der Waals surface area contributed by atoms with Gasteiger partial charge in [-0.1, -0.05) is 6.92 Å². The van der Waals surface area contributed by atoms with Crippen LogP contribution in [0.2, 0.25) is 0 Å². The van der Waals surface area contributed by atoms with Gasteiger partial charge in [0.2, 0.25) is 6.79 Å². The smallest absolute Gasteiger partial charge is 0.254 e. The summed E-state index contributed by atoms with van der Waals surface area (Å²) in [6.07, 6.45) is 0.931. The minimum atomic E-state index is 0.0290. The Kier molecular flexibility index (Phi) is 4.10. The van der Waals surface area contributed by atoms with Crippen LogP contribution < -0.4 is 9.47 Å². The first-order valence-corrected chi connectivity index (χ1v) is 7.92. The molecule has 5 heteroatoms. The first-order chi connectivity index (χ1) is 10.3. The van der Waals surface area contributed by atoms with Gasteiger partial charge in [0, 0.05) is 18.7 Å². The summed E-state index contributed by atoms with van der Waals surface area (Å²) in [7, 11) is 0. The van der Waals surface area contributed by atoms with Gasteiger partial charge in [0.05, 0.1) is 0 Å². The minimum Gasteiger partial charge on any atom is -0.454 e. The minimum absolute atomic E-state index is 0.0290. The molecule has 0 unspecified atom stereocenters. The van der Waals surface area contributed by atoms with Gasteiger partial charge in [-0.05, 0) is 47.0 Å². The molecule has 0 N–H and O–H groups in total. The topological polar surface area (TPSA) is 38.8 Å². The first-order valence-electron chi connectivity index (χ1n) is 6.98. The number of benzene rings is 1. The second-order valence-electron chi connectivity index (χ2n) is 4.93. The van der Waals surface area contributed by atoms with Crippen LogP contribution in [-0.4, -0.2) is 24.1 Å². The summed E-state index contributed by atoms with van der Waals surface area (Å²) in [5.41, 5.74) is 1.81. The van der Waals surface area contributed by atoms with E-state index < -0.39 is 0 Å². The van der Waals surface area contributed by atoms with Crippen molar-refractivity contribution >= 4 is 17.2 Å². The Morgan fingerprint density at radius 2 is 2.14 bits per heavy atom. The van der Waals surface area contributed by atoms with Crippen LogP contribution in [0.4, 0.5) is 0 Å². The van der Waals surface area contributed by atoms with Crippen LogP contribution in [0.5, 0.6) is 11.5 Å². The third-order valence-corrected chi connectivity index (χ3v) is 4.09. The number of nitrogens with zero attached hydrogens (tertiary/aromatic N) is 1. The van der Waals surface area contributed by atoms with Crippen LogP contribution in [0.25, 0.3) is 0 Å². The van der Waals surface area contributed by atoms with Crippen molar-refractivity contribution in [2.24, 2.45) is 0 Å². The standard InChI is InChI=1S/C16H17NO3S/c1-2-6-17(9-12-5-7-21-10-12)16(18)13-3-4-14-15(8-13)20-11-19-14/h3-5,7-8,10H,2,6,9,11H2,1H3. The van der Waals surface area contributed by atoms with Crippen molar-refractivity contribution in [1.82, 2.24) is 4.90 Å². The monoisotopic (exact) mass is 303 g/mol. The fourth-order valence-corrected chi connectivity index (χ4v) is 3.00. The Hall–Kier alpha value is -2.01. The third kappa shape index (κ3) is 3.03. The molecule has 0 atom stereocenters. The Morgan fingerprint density at radius 3 is 2.90 bits per heavy atom. The molecule has 1 aromatic heterocycles. The third-order valence-electron chi connectivity index (χ3n) is 3.35. The Morgan fingerprint density at radius 1 is 1.29 bits per heavy atom. The number of thiophene rings is 1. The normalized spacial score (nSPS) is 12.4. The zero-order valence-corrected chi connectivity index (χ0v) is 12.7. The van der Waals surface area contributed by atoms with E-state index >= 15 is 0 Å². The van der Waals surface area contributed by atoms with E-state index in [1.807, 2.05) is 10.3 Å². The molecule has 0 saturated heterocycles. The summed E-state index contributed by atoms with van der Waals surface area (Å²) in [6.45, 7) is 3.68. The van der Waals surface area contributed by atoms with E-state index in [1.54, 1.807) is 29.5 Å². The molecular weight excluding hydrogens is 286 g/mol. The molecule has 0 radical (unpaired) electrons. The summed E-state index contributed by atoms with van der Waals surface area (Å²) in [5, 5.41) is 4.11. The quantitative estimate of drug-likeness (QED) is 0.848. The van der Waals surface area contributed by atoms with Crippen LogP contribution in [0, 0.1) is 0 Å². The number of fused-ring (bicyclic) bond motifs is 1. The number of amides is 1. The predicted molar refractivity (Wildman–Crippen MR) is 81.9 cm³/mol. The fraction of sp³-hybridized carbons (Fsp3) is 0.312. The number of rotatable bonds is 5. The molecular formula is C16H17NO3S. The zero-order chi connectivity index (χ0) is 14.7. The SMILES string of the molecule is CCCN(Cc1ccsc1)C(=O)c1ccc2c(c1)OCO2. The lowest BCUT2D eigenvalue weighted by atomic mass is 10.1. The summed E-state index contributed by atoms with van der Waals surface area (Å²) in [6, 6.07) is 7.41. The maximum atomic E-state index is 12.7. The summed E-state index contributed by atoms with van der Waals surface area (Å²) in [5.74, 6) is 1.38. The van der Waals surface area contributed by atoms with Crippen LogP contribution in [0.3, 0.4) is 0 Å². The van der Waals surface area contributed by atoms with Gasteiger partial charge >= 0.3 is 0 Å². The molecule has 0 bridgehead atoms.